The van der Waals surface area contributed by atoms with Crippen LogP contribution in [-0.2, 0) is 4.74 Å². The van der Waals surface area contributed by atoms with Crippen LogP contribution >= 0.6 is 0 Å². The van der Waals surface area contributed by atoms with Gasteiger partial charge in [-0.15, -0.1) is 0 Å². The quantitative estimate of drug-likeness (QED) is 0.315. The van der Waals surface area contributed by atoms with Gasteiger partial charge in [0.15, 0.2) is 0 Å². The molecule has 3 rings (SSSR count). The maximum absolute atomic E-state index is 6.72. The maximum Gasteiger partial charge on any atom is 0.0858 e. The molecule has 27 heavy (non-hydrogen) atoms. The molecular weight excluding hydrogens is 328 g/mol. The molecule has 0 N–H and O–H groups in total. The topological polar surface area (TPSA) is 9.23 Å². The SMILES string of the molecule is CCCCC/C(C)=C/CC/C(C)=C/C1CC12CCC1=CC=C(C)C(C)C1O2. The van der Waals surface area contributed by atoms with Crippen LogP contribution in [0.3, 0.4) is 0 Å². The van der Waals surface area contributed by atoms with E-state index >= 15 is 0 Å². The highest BCUT2D eigenvalue weighted by molar-refractivity contribution is 5.33. The summed E-state index contributed by atoms with van der Waals surface area (Å²) in [5.41, 5.74) is 6.26. The van der Waals surface area contributed by atoms with Gasteiger partial charge in [0.1, 0.15) is 0 Å². The molecule has 2 aliphatic carbocycles. The Morgan fingerprint density at radius 2 is 2.00 bits per heavy atom. The van der Waals surface area contributed by atoms with Gasteiger partial charge in [0.05, 0.1) is 11.7 Å². The normalized spacial score (nSPS) is 33.6. The Hall–Kier alpha value is -1.08. The highest BCUT2D eigenvalue weighted by Gasteiger charge is 2.57. The predicted molar refractivity (Wildman–Crippen MR) is 117 cm³/mol. The predicted octanol–water partition coefficient (Wildman–Crippen LogP) is 7.70. The zero-order valence-electron chi connectivity index (χ0n) is 18.3. The number of ether oxygens (including phenoxy) is 1. The minimum absolute atomic E-state index is 0.154. The lowest BCUT2D eigenvalue weighted by molar-refractivity contribution is -0.0612. The number of rotatable bonds is 8. The molecule has 4 atom stereocenters. The van der Waals surface area contributed by atoms with Crippen molar-refractivity contribution in [3.8, 4) is 0 Å². The van der Waals surface area contributed by atoms with Crippen LogP contribution in [0, 0.1) is 11.8 Å². The Kier molecular flexibility index (Phi) is 6.84. The van der Waals surface area contributed by atoms with Gasteiger partial charge in [-0.3, -0.25) is 0 Å². The molecular formula is C26H40O. The lowest BCUT2D eigenvalue weighted by Gasteiger charge is -2.39. The van der Waals surface area contributed by atoms with Crippen LogP contribution < -0.4 is 0 Å². The standard InChI is InChI=1S/C26H40O/c1-6-7-8-10-19(2)11-9-12-20(3)17-24-18-26(24)16-15-23-14-13-21(4)22(5)25(23)27-26/h11,13-14,17,22,24-25H,6-10,12,15-16,18H2,1-5H3/b19-11+,20-17+. The molecule has 1 aliphatic heterocycles. The smallest absolute Gasteiger partial charge is 0.0858 e. The molecule has 4 unspecified atom stereocenters. The molecule has 1 saturated heterocycles. The molecule has 1 heterocycles. The van der Waals surface area contributed by atoms with Crippen molar-refractivity contribution in [3.05, 3.63) is 46.6 Å². The Morgan fingerprint density at radius 1 is 1.19 bits per heavy atom. The van der Waals surface area contributed by atoms with Gasteiger partial charge in [-0.2, -0.15) is 0 Å². The Labute approximate surface area is 167 Å². The lowest BCUT2D eigenvalue weighted by Crippen LogP contribution is -2.38. The van der Waals surface area contributed by atoms with Crippen LogP contribution in [0.15, 0.2) is 46.6 Å². The lowest BCUT2D eigenvalue weighted by atomic mass is 9.81. The van der Waals surface area contributed by atoms with Gasteiger partial charge in [-0.25, -0.2) is 0 Å². The van der Waals surface area contributed by atoms with E-state index in [9.17, 15) is 0 Å². The fourth-order valence-electron chi connectivity index (χ4n) is 4.79. The summed E-state index contributed by atoms with van der Waals surface area (Å²) in [5, 5.41) is 0. The number of hydrogen-bond donors (Lipinski definition) is 0. The minimum atomic E-state index is 0.154. The van der Waals surface area contributed by atoms with Crippen LogP contribution in [0.2, 0.25) is 0 Å². The fourth-order valence-corrected chi connectivity index (χ4v) is 4.79. The Bertz CT molecular complexity index is 647. The average Bonchev–Trinajstić information content (AvgIpc) is 3.29. The number of allylic oxidation sites excluding steroid dienone is 5. The molecule has 0 aromatic heterocycles. The van der Waals surface area contributed by atoms with Gasteiger partial charge in [-0.05, 0) is 71.3 Å². The monoisotopic (exact) mass is 368 g/mol. The third-order valence-electron chi connectivity index (χ3n) is 7.07. The van der Waals surface area contributed by atoms with E-state index in [1.807, 2.05) is 0 Å². The van der Waals surface area contributed by atoms with Crippen LogP contribution in [0.25, 0.3) is 0 Å². The van der Waals surface area contributed by atoms with Gasteiger partial charge in [0, 0.05) is 11.8 Å². The van der Waals surface area contributed by atoms with Crippen molar-refractivity contribution in [2.75, 3.05) is 0 Å². The van der Waals surface area contributed by atoms with Crippen LogP contribution in [0.5, 0.6) is 0 Å². The average molecular weight is 369 g/mol. The summed E-state index contributed by atoms with van der Waals surface area (Å²) in [7, 11) is 0. The summed E-state index contributed by atoms with van der Waals surface area (Å²) in [5.74, 6) is 1.18. The molecule has 1 nitrogen and oxygen atoms in total. The van der Waals surface area contributed by atoms with E-state index in [1.165, 1.54) is 68.9 Å². The van der Waals surface area contributed by atoms with Gasteiger partial charge >= 0.3 is 0 Å². The summed E-state index contributed by atoms with van der Waals surface area (Å²) in [6, 6.07) is 0. The Morgan fingerprint density at radius 3 is 2.78 bits per heavy atom. The number of unbranched alkanes of at least 4 members (excludes halogenated alkanes) is 2. The van der Waals surface area contributed by atoms with Gasteiger partial charge in [0.2, 0.25) is 0 Å². The summed E-state index contributed by atoms with van der Waals surface area (Å²) in [6.45, 7) is 11.5. The van der Waals surface area contributed by atoms with Crippen molar-refractivity contribution >= 4 is 0 Å². The molecule has 3 aliphatic rings. The molecule has 150 valence electrons. The van der Waals surface area contributed by atoms with Crippen molar-refractivity contribution in [1.82, 2.24) is 0 Å². The molecule has 1 spiro atoms. The van der Waals surface area contributed by atoms with Gasteiger partial charge in [-0.1, -0.05) is 67.7 Å². The van der Waals surface area contributed by atoms with E-state index in [1.54, 1.807) is 11.1 Å². The zero-order valence-corrected chi connectivity index (χ0v) is 18.3. The third-order valence-corrected chi connectivity index (χ3v) is 7.07. The van der Waals surface area contributed by atoms with Crippen molar-refractivity contribution in [3.63, 3.8) is 0 Å². The summed E-state index contributed by atoms with van der Waals surface area (Å²) in [6.07, 6.45) is 21.3. The van der Waals surface area contributed by atoms with E-state index in [0.29, 0.717) is 17.9 Å². The summed E-state index contributed by atoms with van der Waals surface area (Å²) < 4.78 is 6.72. The molecule has 1 saturated carbocycles. The summed E-state index contributed by atoms with van der Waals surface area (Å²) >= 11 is 0. The second-order valence-electron chi connectivity index (χ2n) is 9.41. The maximum atomic E-state index is 6.72. The van der Waals surface area contributed by atoms with Crippen molar-refractivity contribution in [1.29, 1.82) is 0 Å². The van der Waals surface area contributed by atoms with E-state index in [2.05, 4.69) is 58.9 Å². The molecule has 0 aromatic carbocycles. The number of hydrogen-bond acceptors (Lipinski definition) is 1. The molecule has 0 amide bonds. The van der Waals surface area contributed by atoms with Crippen LogP contribution in [0.4, 0.5) is 0 Å². The molecule has 2 fully saturated rings. The fraction of sp³-hybridized carbons (Fsp3) is 0.692. The van der Waals surface area contributed by atoms with Gasteiger partial charge in [0.25, 0.3) is 0 Å². The summed E-state index contributed by atoms with van der Waals surface area (Å²) in [4.78, 5) is 0. The first-order valence-corrected chi connectivity index (χ1v) is 11.3. The third kappa shape index (κ3) is 5.05. The number of fused-ring (bicyclic) bond motifs is 1. The molecule has 1 heteroatoms. The molecule has 0 aromatic rings. The highest BCUT2D eigenvalue weighted by Crippen LogP contribution is 2.57. The van der Waals surface area contributed by atoms with E-state index in [4.69, 9.17) is 4.74 Å². The van der Waals surface area contributed by atoms with E-state index in [0.717, 1.165) is 0 Å². The van der Waals surface area contributed by atoms with Crippen molar-refractivity contribution in [2.24, 2.45) is 11.8 Å². The molecule has 0 radical (unpaired) electrons. The van der Waals surface area contributed by atoms with Crippen molar-refractivity contribution in [2.45, 2.75) is 104 Å². The van der Waals surface area contributed by atoms with Crippen LogP contribution in [-0.4, -0.2) is 11.7 Å². The first-order valence-electron chi connectivity index (χ1n) is 11.3. The minimum Gasteiger partial charge on any atom is -0.366 e. The first-order chi connectivity index (χ1) is 12.9. The zero-order chi connectivity index (χ0) is 19.4. The first kappa shape index (κ1) is 20.6. The molecule has 0 bridgehead atoms. The second-order valence-corrected chi connectivity index (χ2v) is 9.41. The van der Waals surface area contributed by atoms with Gasteiger partial charge < -0.3 is 4.74 Å². The van der Waals surface area contributed by atoms with E-state index < -0.39 is 0 Å². The second kappa shape index (κ2) is 8.95. The highest BCUT2D eigenvalue weighted by atomic mass is 16.5. The van der Waals surface area contributed by atoms with E-state index in [-0.39, 0.29) is 5.60 Å². The largest absolute Gasteiger partial charge is 0.366 e. The van der Waals surface area contributed by atoms with Crippen molar-refractivity contribution < 1.29 is 4.74 Å². The Balaban J connectivity index is 1.48. The van der Waals surface area contributed by atoms with Crippen LogP contribution in [0.1, 0.15) is 92.4 Å².